The number of hydrogen-bond acceptors (Lipinski definition) is 2. The van der Waals surface area contributed by atoms with E-state index in [1.807, 2.05) is 19.2 Å². The van der Waals surface area contributed by atoms with Crippen LogP contribution in [-0.4, -0.2) is 7.05 Å². The zero-order valence-corrected chi connectivity index (χ0v) is 11.6. The Kier molecular flexibility index (Phi) is 4.21. The van der Waals surface area contributed by atoms with Crippen LogP contribution in [0.15, 0.2) is 35.0 Å². The van der Waals surface area contributed by atoms with E-state index in [9.17, 15) is 0 Å². The summed E-state index contributed by atoms with van der Waals surface area (Å²) >= 11 is 7.73. The molecule has 1 aromatic heterocycles. The van der Waals surface area contributed by atoms with Crippen LogP contribution in [-0.2, 0) is 6.42 Å². The van der Waals surface area contributed by atoms with Crippen molar-refractivity contribution in [2.45, 2.75) is 19.4 Å². The van der Waals surface area contributed by atoms with Gasteiger partial charge in [-0.15, -0.1) is 0 Å². The molecule has 0 amide bonds. The molecule has 2 aromatic rings. The third-order valence-electron chi connectivity index (χ3n) is 2.98. The van der Waals surface area contributed by atoms with Gasteiger partial charge >= 0.3 is 0 Å². The Morgan fingerprint density at radius 1 is 1.35 bits per heavy atom. The average molecular weight is 266 g/mol. The van der Waals surface area contributed by atoms with Gasteiger partial charge in [0.1, 0.15) is 0 Å². The van der Waals surface area contributed by atoms with Crippen LogP contribution in [0.3, 0.4) is 0 Å². The summed E-state index contributed by atoms with van der Waals surface area (Å²) in [6, 6.07) is 8.63. The zero-order chi connectivity index (χ0) is 12.3. The highest BCUT2D eigenvalue weighted by molar-refractivity contribution is 7.07. The molecule has 0 fully saturated rings. The molecule has 3 heteroatoms. The maximum atomic E-state index is 5.99. The summed E-state index contributed by atoms with van der Waals surface area (Å²) < 4.78 is 0. The van der Waals surface area contributed by atoms with Crippen molar-refractivity contribution in [2.75, 3.05) is 7.05 Å². The number of thiophene rings is 1. The first-order valence-corrected chi connectivity index (χ1v) is 6.97. The smallest absolute Gasteiger partial charge is 0.0408 e. The second kappa shape index (κ2) is 5.67. The van der Waals surface area contributed by atoms with Gasteiger partial charge in [0.2, 0.25) is 0 Å². The van der Waals surface area contributed by atoms with Gasteiger partial charge in [-0.25, -0.2) is 0 Å². The molecule has 1 atom stereocenters. The van der Waals surface area contributed by atoms with Gasteiger partial charge in [-0.1, -0.05) is 17.7 Å². The molecule has 0 saturated carbocycles. The molecule has 1 heterocycles. The Balaban J connectivity index is 2.23. The predicted molar refractivity (Wildman–Crippen MR) is 76.0 cm³/mol. The Hall–Kier alpha value is -0.830. The third kappa shape index (κ3) is 3.09. The number of likely N-dealkylation sites (N-methyl/N-ethyl adjacent to an activating group) is 1. The second-order valence-corrected chi connectivity index (χ2v) is 5.39. The van der Waals surface area contributed by atoms with Crippen LogP contribution in [0.5, 0.6) is 0 Å². The first kappa shape index (κ1) is 12.6. The van der Waals surface area contributed by atoms with E-state index in [1.54, 1.807) is 11.3 Å². The van der Waals surface area contributed by atoms with Crippen LogP contribution >= 0.6 is 22.9 Å². The summed E-state index contributed by atoms with van der Waals surface area (Å²) in [4.78, 5) is 0. The molecule has 0 aliphatic carbocycles. The molecule has 1 nitrogen and oxygen atoms in total. The van der Waals surface area contributed by atoms with Gasteiger partial charge in [-0.3, -0.25) is 0 Å². The fourth-order valence-electron chi connectivity index (χ4n) is 2.04. The molecule has 1 unspecified atom stereocenters. The average Bonchev–Trinajstić information content (AvgIpc) is 2.79. The van der Waals surface area contributed by atoms with Gasteiger partial charge in [0.25, 0.3) is 0 Å². The Morgan fingerprint density at radius 3 is 2.76 bits per heavy atom. The summed E-state index contributed by atoms with van der Waals surface area (Å²) in [5.41, 5.74) is 3.94. The fraction of sp³-hybridized carbons (Fsp3) is 0.286. The molecule has 1 aromatic carbocycles. The van der Waals surface area contributed by atoms with Crippen LogP contribution in [0, 0.1) is 6.92 Å². The van der Waals surface area contributed by atoms with Crippen LogP contribution in [0.4, 0.5) is 0 Å². The van der Waals surface area contributed by atoms with E-state index >= 15 is 0 Å². The van der Waals surface area contributed by atoms with Gasteiger partial charge in [0, 0.05) is 11.1 Å². The maximum absolute atomic E-state index is 5.99. The number of halogens is 1. The van der Waals surface area contributed by atoms with Crippen molar-refractivity contribution < 1.29 is 0 Å². The van der Waals surface area contributed by atoms with Crippen molar-refractivity contribution >= 4 is 22.9 Å². The van der Waals surface area contributed by atoms with E-state index in [0.717, 1.165) is 11.4 Å². The normalized spacial score (nSPS) is 12.6. The molecule has 1 N–H and O–H groups in total. The van der Waals surface area contributed by atoms with Crippen LogP contribution in [0.25, 0.3) is 0 Å². The van der Waals surface area contributed by atoms with Gasteiger partial charge in [0.05, 0.1) is 0 Å². The summed E-state index contributed by atoms with van der Waals surface area (Å²) in [5.74, 6) is 0. The van der Waals surface area contributed by atoms with Crippen LogP contribution in [0.1, 0.15) is 22.7 Å². The quantitative estimate of drug-likeness (QED) is 0.873. The second-order valence-electron chi connectivity index (χ2n) is 4.18. The lowest BCUT2D eigenvalue weighted by Gasteiger charge is -2.18. The lowest BCUT2D eigenvalue weighted by Crippen LogP contribution is -2.19. The zero-order valence-electron chi connectivity index (χ0n) is 10.0. The molecule has 90 valence electrons. The Morgan fingerprint density at radius 2 is 2.18 bits per heavy atom. The highest BCUT2D eigenvalue weighted by Crippen LogP contribution is 2.24. The minimum Gasteiger partial charge on any atom is -0.313 e. The highest BCUT2D eigenvalue weighted by Gasteiger charge is 2.12. The maximum Gasteiger partial charge on any atom is 0.0408 e. The first-order valence-electron chi connectivity index (χ1n) is 5.65. The van der Waals surface area contributed by atoms with Crippen molar-refractivity contribution in [1.82, 2.24) is 5.32 Å². The van der Waals surface area contributed by atoms with E-state index < -0.39 is 0 Å². The largest absolute Gasteiger partial charge is 0.313 e. The van der Waals surface area contributed by atoms with E-state index in [4.69, 9.17) is 11.6 Å². The number of hydrogen-bond donors (Lipinski definition) is 1. The van der Waals surface area contributed by atoms with E-state index in [0.29, 0.717) is 6.04 Å². The summed E-state index contributed by atoms with van der Waals surface area (Å²) in [7, 11) is 2.01. The van der Waals surface area contributed by atoms with Crippen molar-refractivity contribution in [3.05, 3.63) is 56.7 Å². The molecule has 0 radical (unpaired) electrons. The van der Waals surface area contributed by atoms with E-state index in [-0.39, 0.29) is 0 Å². The summed E-state index contributed by atoms with van der Waals surface area (Å²) in [5, 5.41) is 8.51. The predicted octanol–water partition coefficient (Wildman–Crippen LogP) is 4.21. The lowest BCUT2D eigenvalue weighted by molar-refractivity contribution is 0.590. The molecule has 2 rings (SSSR count). The van der Waals surface area contributed by atoms with Crippen molar-refractivity contribution in [3.8, 4) is 0 Å². The van der Waals surface area contributed by atoms with Gasteiger partial charge in [-0.2, -0.15) is 11.3 Å². The van der Waals surface area contributed by atoms with Crippen molar-refractivity contribution in [3.63, 3.8) is 0 Å². The summed E-state index contributed by atoms with van der Waals surface area (Å²) in [6.07, 6.45) is 1.02. The number of aryl methyl sites for hydroxylation is 1. The first-order chi connectivity index (χ1) is 8.20. The molecular formula is C14H16ClNS. The molecule has 0 aliphatic rings. The van der Waals surface area contributed by atoms with Crippen molar-refractivity contribution in [2.24, 2.45) is 0 Å². The van der Waals surface area contributed by atoms with E-state index in [1.165, 1.54) is 16.7 Å². The number of rotatable bonds is 4. The number of nitrogens with one attached hydrogen (secondary N) is 1. The topological polar surface area (TPSA) is 12.0 Å². The molecule has 0 spiro atoms. The molecule has 17 heavy (non-hydrogen) atoms. The minimum atomic E-state index is 0.349. The fourth-order valence-corrected chi connectivity index (χ4v) is 2.95. The Labute approximate surface area is 111 Å². The van der Waals surface area contributed by atoms with Crippen LogP contribution < -0.4 is 5.32 Å². The standard InChI is InChI=1S/C14H16ClNS/c1-10-7-12(15)3-4-13(10)14(16-2)8-11-5-6-17-9-11/h3-7,9,14,16H,8H2,1-2H3. The van der Waals surface area contributed by atoms with Crippen LogP contribution in [0.2, 0.25) is 5.02 Å². The number of benzene rings is 1. The third-order valence-corrected chi connectivity index (χ3v) is 3.94. The van der Waals surface area contributed by atoms with Gasteiger partial charge in [0.15, 0.2) is 0 Å². The summed E-state index contributed by atoms with van der Waals surface area (Å²) in [6.45, 7) is 2.11. The highest BCUT2D eigenvalue weighted by atomic mass is 35.5. The molecule has 0 saturated heterocycles. The van der Waals surface area contributed by atoms with Crippen molar-refractivity contribution in [1.29, 1.82) is 0 Å². The molecule has 0 bridgehead atoms. The van der Waals surface area contributed by atoms with E-state index in [2.05, 4.69) is 35.1 Å². The lowest BCUT2D eigenvalue weighted by atomic mass is 9.97. The molecular weight excluding hydrogens is 250 g/mol. The van der Waals surface area contributed by atoms with Gasteiger partial charge < -0.3 is 5.32 Å². The monoisotopic (exact) mass is 265 g/mol. The Bertz CT molecular complexity index is 479. The van der Waals surface area contributed by atoms with Gasteiger partial charge in [-0.05, 0) is 66.0 Å². The molecule has 0 aliphatic heterocycles. The minimum absolute atomic E-state index is 0.349. The SMILES string of the molecule is CNC(Cc1ccsc1)c1ccc(Cl)cc1C.